The number of rotatable bonds is 9. The van der Waals surface area contributed by atoms with Crippen LogP contribution in [0.1, 0.15) is 63.8 Å². The summed E-state index contributed by atoms with van der Waals surface area (Å²) in [5.74, 6) is -4.55. The highest BCUT2D eigenvalue weighted by molar-refractivity contribution is 5.86. The molecule has 0 spiro atoms. The fraction of sp³-hybridized carbons (Fsp3) is 0.560. The van der Waals surface area contributed by atoms with Gasteiger partial charge in [0.25, 0.3) is 5.56 Å². The zero-order valence-corrected chi connectivity index (χ0v) is 20.4. The third-order valence-corrected chi connectivity index (χ3v) is 7.21. The molecule has 0 radical (unpaired) electrons. The summed E-state index contributed by atoms with van der Waals surface area (Å²) in [4.78, 5) is 62.5. The quantitative estimate of drug-likeness (QED) is 0.457. The zero-order valence-electron chi connectivity index (χ0n) is 20.4. The van der Waals surface area contributed by atoms with Crippen LogP contribution in [-0.4, -0.2) is 61.2 Å². The van der Waals surface area contributed by atoms with E-state index in [1.807, 2.05) is 0 Å². The van der Waals surface area contributed by atoms with Gasteiger partial charge in [0.1, 0.15) is 25.5 Å². The molecule has 3 N–H and O–H groups in total. The maximum atomic E-state index is 15.2. The van der Waals surface area contributed by atoms with Crippen molar-refractivity contribution in [2.24, 2.45) is 0 Å². The third-order valence-electron chi connectivity index (χ3n) is 7.21. The first-order chi connectivity index (χ1) is 17.7. The van der Waals surface area contributed by atoms with Gasteiger partial charge in [0.2, 0.25) is 5.91 Å². The lowest BCUT2D eigenvalue weighted by atomic mass is 9.95. The number of carboxylic acid groups (broad SMARTS) is 2. The van der Waals surface area contributed by atoms with Gasteiger partial charge in [-0.1, -0.05) is 32.1 Å². The van der Waals surface area contributed by atoms with E-state index in [9.17, 15) is 24.0 Å². The minimum Gasteiger partial charge on any atom is -0.480 e. The lowest BCUT2D eigenvalue weighted by molar-refractivity contribution is -0.149. The van der Waals surface area contributed by atoms with E-state index < -0.39 is 54.5 Å². The van der Waals surface area contributed by atoms with Crippen molar-refractivity contribution in [3.8, 4) is 0 Å². The van der Waals surface area contributed by atoms with Crippen molar-refractivity contribution in [2.45, 2.75) is 76.4 Å². The fourth-order valence-corrected chi connectivity index (χ4v) is 5.42. The summed E-state index contributed by atoms with van der Waals surface area (Å²) in [6.45, 7) is -2.67. The van der Waals surface area contributed by atoms with Crippen LogP contribution in [0.15, 0.2) is 21.7 Å². The minimum absolute atomic E-state index is 0.0750. The summed E-state index contributed by atoms with van der Waals surface area (Å²) in [7, 11) is 0. The topological polar surface area (TPSA) is 151 Å². The van der Waals surface area contributed by atoms with Crippen molar-refractivity contribution >= 4 is 34.4 Å². The van der Waals surface area contributed by atoms with Crippen LogP contribution in [0, 0.1) is 5.82 Å². The molecule has 200 valence electrons. The average molecular weight is 519 g/mol. The molecule has 11 nitrogen and oxygen atoms in total. The Morgan fingerprint density at radius 1 is 0.946 bits per heavy atom. The van der Waals surface area contributed by atoms with Gasteiger partial charge in [0, 0.05) is 12.1 Å². The molecule has 0 aliphatic heterocycles. The number of benzene rings is 1. The van der Waals surface area contributed by atoms with Gasteiger partial charge >= 0.3 is 17.6 Å². The Balaban J connectivity index is 1.80. The summed E-state index contributed by atoms with van der Waals surface area (Å²) < 4.78 is 17.2. The van der Waals surface area contributed by atoms with Gasteiger partial charge in [-0.05, 0) is 37.8 Å². The smallest absolute Gasteiger partial charge is 0.332 e. The predicted octanol–water partition coefficient (Wildman–Crippen LogP) is 2.16. The lowest BCUT2D eigenvalue weighted by Gasteiger charge is -2.25. The molecule has 1 heterocycles. The maximum absolute atomic E-state index is 15.2. The number of aliphatic carboxylic acids is 2. The minimum atomic E-state index is -1.44. The Bertz CT molecular complexity index is 1310. The number of hydrogen-bond acceptors (Lipinski definition) is 6. The van der Waals surface area contributed by atoms with Crippen LogP contribution in [0.25, 0.3) is 10.9 Å². The molecule has 0 unspecified atom stereocenters. The SMILES string of the molecule is O=C(O)CN(CC(=O)O)C(=O)Cn1c(=O)c2cc(F)c(NC3CCCCC3)cc2n(C2CCCC2)c1=O. The van der Waals surface area contributed by atoms with Crippen molar-refractivity contribution in [3.63, 3.8) is 0 Å². The van der Waals surface area contributed by atoms with E-state index in [0.29, 0.717) is 22.3 Å². The Morgan fingerprint density at radius 3 is 2.14 bits per heavy atom. The monoisotopic (exact) mass is 518 g/mol. The van der Waals surface area contributed by atoms with Gasteiger partial charge in [-0.2, -0.15) is 0 Å². The van der Waals surface area contributed by atoms with E-state index >= 15 is 4.39 Å². The zero-order chi connectivity index (χ0) is 26.7. The standard InChI is InChI=1S/C25H31FN4O7/c26-18-10-17-20(11-19(18)27-15-6-2-1-3-7-15)30(16-8-4-5-9-16)25(37)29(24(17)36)12-21(31)28(13-22(32)33)14-23(34)35/h10-11,15-16,27H,1-9,12-14H2,(H,32,33)(H,34,35). The van der Waals surface area contributed by atoms with Crippen molar-refractivity contribution in [1.29, 1.82) is 0 Å². The van der Waals surface area contributed by atoms with Gasteiger partial charge < -0.3 is 20.4 Å². The van der Waals surface area contributed by atoms with Gasteiger partial charge in [-0.25, -0.2) is 9.18 Å². The van der Waals surface area contributed by atoms with Gasteiger partial charge in [-0.15, -0.1) is 0 Å². The van der Waals surface area contributed by atoms with Crippen molar-refractivity contribution in [1.82, 2.24) is 14.0 Å². The van der Waals surface area contributed by atoms with Crippen molar-refractivity contribution < 1.29 is 29.0 Å². The highest BCUT2D eigenvalue weighted by Gasteiger charge is 2.27. The Hall–Kier alpha value is -3.70. The second-order valence-electron chi connectivity index (χ2n) is 9.85. The Kier molecular flexibility index (Phi) is 7.94. The number of fused-ring (bicyclic) bond motifs is 1. The van der Waals surface area contributed by atoms with Gasteiger partial charge in [0.05, 0.1) is 16.6 Å². The molecule has 1 aromatic carbocycles. The van der Waals surface area contributed by atoms with Crippen LogP contribution < -0.4 is 16.6 Å². The molecule has 2 aliphatic rings. The fourth-order valence-electron chi connectivity index (χ4n) is 5.42. The average Bonchev–Trinajstić information content (AvgIpc) is 3.37. The summed E-state index contributed by atoms with van der Waals surface area (Å²) in [6.07, 6.45) is 8.11. The predicted molar refractivity (Wildman–Crippen MR) is 132 cm³/mol. The normalized spacial score (nSPS) is 16.7. The molecule has 12 heteroatoms. The van der Waals surface area contributed by atoms with Crippen molar-refractivity contribution in [3.05, 3.63) is 38.8 Å². The number of carbonyl (C=O) groups excluding carboxylic acids is 1. The number of hydrogen-bond donors (Lipinski definition) is 3. The second-order valence-corrected chi connectivity index (χ2v) is 9.85. The van der Waals surface area contributed by atoms with E-state index in [2.05, 4.69) is 5.32 Å². The molecule has 0 saturated heterocycles. The number of nitrogens with one attached hydrogen (secondary N) is 1. The van der Waals surface area contributed by atoms with Gasteiger partial charge in [0.15, 0.2) is 0 Å². The number of aromatic nitrogens is 2. The first-order valence-electron chi connectivity index (χ1n) is 12.6. The van der Waals surface area contributed by atoms with Crippen LogP contribution in [0.2, 0.25) is 0 Å². The van der Waals surface area contributed by atoms with Crippen LogP contribution in [0.4, 0.5) is 10.1 Å². The number of anilines is 1. The molecular formula is C25H31FN4O7. The molecule has 4 rings (SSSR count). The summed E-state index contributed by atoms with van der Waals surface area (Å²) >= 11 is 0. The molecule has 2 fully saturated rings. The number of nitrogens with zero attached hydrogens (tertiary/aromatic N) is 3. The Morgan fingerprint density at radius 2 is 1.54 bits per heavy atom. The molecule has 0 atom stereocenters. The van der Waals surface area contributed by atoms with Crippen LogP contribution >= 0.6 is 0 Å². The summed E-state index contributed by atoms with van der Waals surface area (Å²) in [5.41, 5.74) is -1.17. The molecule has 2 aliphatic carbocycles. The summed E-state index contributed by atoms with van der Waals surface area (Å²) in [6, 6.07) is 2.41. The number of halogens is 1. The first kappa shape index (κ1) is 26.4. The van der Waals surface area contributed by atoms with Gasteiger partial charge in [-0.3, -0.25) is 28.3 Å². The molecular weight excluding hydrogens is 487 g/mol. The van der Waals surface area contributed by atoms with E-state index in [1.54, 1.807) is 0 Å². The third kappa shape index (κ3) is 5.83. The Labute approximate surface area is 211 Å². The molecule has 37 heavy (non-hydrogen) atoms. The highest BCUT2D eigenvalue weighted by atomic mass is 19.1. The molecule has 1 amide bonds. The maximum Gasteiger partial charge on any atom is 0.332 e. The number of amides is 1. The van der Waals surface area contributed by atoms with Crippen LogP contribution in [0.3, 0.4) is 0 Å². The van der Waals surface area contributed by atoms with E-state index in [-0.39, 0.29) is 28.7 Å². The molecule has 2 saturated carbocycles. The molecule has 1 aromatic heterocycles. The van der Waals surface area contributed by atoms with E-state index in [0.717, 1.165) is 51.0 Å². The summed E-state index contributed by atoms with van der Waals surface area (Å²) in [5, 5.41) is 21.3. The lowest BCUT2D eigenvalue weighted by Crippen LogP contribution is -2.47. The van der Waals surface area contributed by atoms with E-state index in [4.69, 9.17) is 10.2 Å². The van der Waals surface area contributed by atoms with E-state index in [1.165, 1.54) is 10.6 Å². The largest absolute Gasteiger partial charge is 0.480 e. The molecule has 2 aromatic rings. The second kappa shape index (κ2) is 11.1. The first-order valence-corrected chi connectivity index (χ1v) is 12.6. The number of carbonyl (C=O) groups is 3. The van der Waals surface area contributed by atoms with Crippen molar-refractivity contribution in [2.75, 3.05) is 18.4 Å². The highest BCUT2D eigenvalue weighted by Crippen LogP contribution is 2.32. The van der Waals surface area contributed by atoms with Crippen LogP contribution in [0.5, 0.6) is 0 Å². The molecule has 0 bridgehead atoms. The van der Waals surface area contributed by atoms with Crippen LogP contribution in [-0.2, 0) is 20.9 Å². The number of carboxylic acids is 2.